The average molecular weight is 328 g/mol. The molecule has 0 unspecified atom stereocenters. The number of carbonyl (C=O) groups excluding carboxylic acids is 2. The fourth-order valence-corrected chi connectivity index (χ4v) is 0. The summed E-state index contributed by atoms with van der Waals surface area (Å²) < 4.78 is 0. The second-order valence-electron chi connectivity index (χ2n) is 0.983. The summed E-state index contributed by atoms with van der Waals surface area (Å²) in [6, 6.07) is 0. The Labute approximate surface area is 132 Å². The summed E-state index contributed by atoms with van der Waals surface area (Å²) in [5.74, 6) is -2.17. The third-order valence-electron chi connectivity index (χ3n) is 0. The summed E-state index contributed by atoms with van der Waals surface area (Å²) in [6.07, 6.45) is 0. The molecule has 0 rings (SSSR count). The van der Waals surface area contributed by atoms with E-state index in [2.05, 4.69) is 0 Å². The van der Waals surface area contributed by atoms with Crippen molar-refractivity contribution in [1.29, 1.82) is 0 Å². The van der Waals surface area contributed by atoms with Gasteiger partial charge in [-0.25, -0.2) is 0 Å². The second-order valence-corrected chi connectivity index (χ2v) is 0.983. The van der Waals surface area contributed by atoms with Gasteiger partial charge >= 0.3 is 68.5 Å². The quantitative estimate of drug-likeness (QED) is 0.440. The normalized spacial score (nSPS) is 4.55. The van der Waals surface area contributed by atoms with Crippen LogP contribution in [0, 0.1) is 0 Å². The molecule has 1 radical (unpaired) electrons. The van der Waals surface area contributed by atoms with Gasteiger partial charge in [-0.3, -0.25) is 0 Å². The van der Waals surface area contributed by atoms with E-state index in [0.29, 0.717) is 0 Å². The van der Waals surface area contributed by atoms with Gasteiger partial charge in [-0.15, -0.1) is 0 Å². The van der Waals surface area contributed by atoms with Crippen LogP contribution in [0.2, 0.25) is 0 Å². The van der Waals surface area contributed by atoms with E-state index in [0.717, 1.165) is 13.8 Å². The zero-order valence-corrected chi connectivity index (χ0v) is 7.75. The second kappa shape index (κ2) is 22.6. The summed E-state index contributed by atoms with van der Waals surface area (Å²) in [6.45, 7) is 1.94. The third-order valence-corrected chi connectivity index (χ3v) is 0. The first kappa shape index (κ1) is 29.3. The molecular formula is C4H7CuKO4Pd. The monoisotopic (exact) mass is 327 g/mol. The number of carbonyl (C=O) groups is 2. The maximum Gasteiger partial charge on any atom is 0 e. The van der Waals surface area contributed by atoms with E-state index in [4.69, 9.17) is 19.8 Å². The van der Waals surface area contributed by atoms with E-state index < -0.39 is 11.9 Å². The molecule has 0 fully saturated rings. The summed E-state index contributed by atoms with van der Waals surface area (Å²) in [5.41, 5.74) is 0. The van der Waals surface area contributed by atoms with Crippen molar-refractivity contribution in [2.45, 2.75) is 13.8 Å². The minimum atomic E-state index is -1.08. The predicted octanol–water partition coefficient (Wildman–Crippen LogP) is -3.14. The van der Waals surface area contributed by atoms with Gasteiger partial charge in [0.05, 0.1) is 0 Å². The maximum atomic E-state index is 8.89. The van der Waals surface area contributed by atoms with Crippen molar-refractivity contribution in [1.82, 2.24) is 0 Å². The first-order valence-corrected chi connectivity index (χ1v) is 1.82. The van der Waals surface area contributed by atoms with E-state index in [9.17, 15) is 0 Å². The fraction of sp³-hybridized carbons (Fsp3) is 0.500. The molecule has 0 spiro atoms. The molecule has 0 N–H and O–H groups in total. The SMILES string of the molecule is CC(=O)[O-].CC(=O)[O-].[Cu+2].[KH].[Pd]. The summed E-state index contributed by atoms with van der Waals surface area (Å²) >= 11 is 0. The van der Waals surface area contributed by atoms with E-state index >= 15 is 0 Å². The van der Waals surface area contributed by atoms with Crippen LogP contribution in [0.3, 0.4) is 0 Å². The van der Waals surface area contributed by atoms with Crippen LogP contribution >= 0.6 is 0 Å². The van der Waals surface area contributed by atoms with Gasteiger partial charge < -0.3 is 19.8 Å². The molecule has 7 heteroatoms. The Morgan fingerprint density at radius 3 is 1.00 bits per heavy atom. The van der Waals surface area contributed by atoms with Crippen LogP contribution in [0.5, 0.6) is 0 Å². The molecule has 69 valence electrons. The molecule has 0 aliphatic rings. The van der Waals surface area contributed by atoms with Gasteiger partial charge in [-0.2, -0.15) is 0 Å². The van der Waals surface area contributed by atoms with Gasteiger partial charge in [0, 0.05) is 32.4 Å². The zero-order valence-electron chi connectivity index (χ0n) is 5.25. The van der Waals surface area contributed by atoms with Crippen LogP contribution in [0.1, 0.15) is 13.8 Å². The summed E-state index contributed by atoms with van der Waals surface area (Å²) in [7, 11) is 0. The molecule has 0 aliphatic carbocycles. The van der Waals surface area contributed by atoms with Crippen LogP contribution in [0.4, 0.5) is 0 Å². The van der Waals surface area contributed by atoms with Crippen LogP contribution in [-0.4, -0.2) is 63.3 Å². The van der Waals surface area contributed by atoms with Crippen molar-refractivity contribution in [3.63, 3.8) is 0 Å². The maximum absolute atomic E-state index is 8.89. The smallest absolute Gasteiger partial charge is 0 e. The Morgan fingerprint density at radius 2 is 1.00 bits per heavy atom. The van der Waals surface area contributed by atoms with E-state index in [1.165, 1.54) is 0 Å². The number of rotatable bonds is 0. The van der Waals surface area contributed by atoms with Crippen molar-refractivity contribution in [3.05, 3.63) is 0 Å². The van der Waals surface area contributed by atoms with Gasteiger partial charge in [0.2, 0.25) is 0 Å². The topological polar surface area (TPSA) is 80.3 Å². The number of hydrogen-bond donors (Lipinski definition) is 0. The minimum absolute atomic E-state index is 0. The third kappa shape index (κ3) is 362. The molecule has 0 atom stereocenters. The number of carboxylic acid groups (broad SMARTS) is 2. The van der Waals surface area contributed by atoms with E-state index in [1.54, 1.807) is 0 Å². The van der Waals surface area contributed by atoms with Crippen LogP contribution in [0.15, 0.2) is 0 Å². The van der Waals surface area contributed by atoms with Crippen LogP contribution in [0.25, 0.3) is 0 Å². The minimum Gasteiger partial charge on any atom is 0 e. The van der Waals surface area contributed by atoms with Gasteiger partial charge in [0.1, 0.15) is 0 Å². The van der Waals surface area contributed by atoms with Gasteiger partial charge in [-0.1, -0.05) is 0 Å². The molecule has 0 aromatic carbocycles. The Morgan fingerprint density at radius 1 is 1.00 bits per heavy atom. The zero-order chi connectivity index (χ0) is 7.15. The largest absolute Gasteiger partial charge is 0 e. The van der Waals surface area contributed by atoms with Gasteiger partial charge in [-0.05, 0) is 13.8 Å². The Balaban J connectivity index is -0.0000000171. The summed E-state index contributed by atoms with van der Waals surface area (Å²) in [5, 5.41) is 17.8. The molecule has 0 aromatic heterocycles. The fourth-order valence-electron chi connectivity index (χ4n) is 0. The number of carboxylic acids is 2. The predicted molar refractivity (Wildman–Crippen MR) is 28.5 cm³/mol. The summed E-state index contributed by atoms with van der Waals surface area (Å²) in [4.78, 5) is 17.8. The van der Waals surface area contributed by atoms with Crippen LogP contribution in [-0.2, 0) is 47.1 Å². The van der Waals surface area contributed by atoms with Crippen molar-refractivity contribution in [2.75, 3.05) is 0 Å². The van der Waals surface area contributed by atoms with Crippen molar-refractivity contribution in [2.24, 2.45) is 0 Å². The molecule has 0 saturated heterocycles. The molecule has 0 bridgehead atoms. The first-order chi connectivity index (χ1) is 3.46. The van der Waals surface area contributed by atoms with Crippen LogP contribution < -0.4 is 10.2 Å². The Kier molecular flexibility index (Phi) is 60.2. The molecule has 4 nitrogen and oxygen atoms in total. The average Bonchev–Trinajstić information content (AvgIpc) is 1.25. The standard InChI is InChI=1S/2C2H4O2.Cu.K.Pd.H/c2*1-2(3)4;;;;/h2*1H3,(H,3,4);;;;/q;;+2;;;/p-2. The van der Waals surface area contributed by atoms with Gasteiger partial charge in [0.15, 0.2) is 0 Å². The molecule has 0 amide bonds. The van der Waals surface area contributed by atoms with Crippen molar-refractivity contribution in [3.8, 4) is 0 Å². The van der Waals surface area contributed by atoms with E-state index in [-0.39, 0.29) is 88.9 Å². The first-order valence-electron chi connectivity index (χ1n) is 1.82. The van der Waals surface area contributed by atoms with E-state index in [1.807, 2.05) is 0 Å². The Bertz CT molecular complexity index is 80.1. The van der Waals surface area contributed by atoms with Gasteiger partial charge in [0.25, 0.3) is 0 Å². The molecular weight excluding hydrogens is 321 g/mol. The van der Waals surface area contributed by atoms with Crippen molar-refractivity contribution < 1.29 is 57.3 Å². The Hall–Kier alpha value is 1.76. The molecule has 0 heterocycles. The molecule has 11 heavy (non-hydrogen) atoms. The van der Waals surface area contributed by atoms with Crippen molar-refractivity contribution >= 4 is 63.3 Å². The number of hydrogen-bond acceptors (Lipinski definition) is 4. The molecule has 0 aliphatic heterocycles. The molecule has 0 aromatic rings. The number of aliphatic carboxylic acids is 2. The molecule has 0 saturated carbocycles.